The Kier molecular flexibility index (Phi) is 3.94. The molecule has 1 N–H and O–H groups in total. The van der Waals surface area contributed by atoms with Crippen LogP contribution >= 0.6 is 0 Å². The lowest BCUT2D eigenvalue weighted by molar-refractivity contribution is -0.137. The van der Waals surface area contributed by atoms with Crippen molar-refractivity contribution in [2.24, 2.45) is 0 Å². The van der Waals surface area contributed by atoms with Gasteiger partial charge in [0.15, 0.2) is 5.82 Å². The molecule has 0 atom stereocenters. The van der Waals surface area contributed by atoms with Gasteiger partial charge in [0.25, 0.3) is 5.91 Å². The van der Waals surface area contributed by atoms with E-state index in [9.17, 15) is 18.0 Å². The lowest BCUT2D eigenvalue weighted by atomic mass is 10.0. The van der Waals surface area contributed by atoms with Gasteiger partial charge in [0.1, 0.15) is 11.4 Å². The largest absolute Gasteiger partial charge is 0.417 e. The molecule has 1 aliphatic heterocycles. The first kappa shape index (κ1) is 17.2. The number of fused-ring (bicyclic) bond motifs is 1. The van der Waals surface area contributed by atoms with Crippen molar-refractivity contribution in [2.45, 2.75) is 19.6 Å². The third kappa shape index (κ3) is 3.16. The Morgan fingerprint density at radius 1 is 1.15 bits per heavy atom. The van der Waals surface area contributed by atoms with Crippen molar-refractivity contribution < 1.29 is 18.0 Å². The highest BCUT2D eigenvalue weighted by atomic mass is 19.4. The van der Waals surface area contributed by atoms with Crippen LogP contribution in [0, 0.1) is 6.92 Å². The summed E-state index contributed by atoms with van der Waals surface area (Å²) in [6, 6.07) is 7.14. The Labute approximate surface area is 152 Å². The van der Waals surface area contributed by atoms with Gasteiger partial charge in [0.2, 0.25) is 0 Å². The summed E-state index contributed by atoms with van der Waals surface area (Å²) >= 11 is 0. The molecule has 0 aliphatic carbocycles. The third-order valence-corrected chi connectivity index (χ3v) is 4.26. The minimum absolute atomic E-state index is 0.0461. The molecule has 138 valence electrons. The van der Waals surface area contributed by atoms with Crippen LogP contribution in [0.4, 0.5) is 13.2 Å². The molecule has 1 aromatic carbocycles. The molecule has 0 unspecified atom stereocenters. The number of amides is 1. The van der Waals surface area contributed by atoms with E-state index in [1.165, 1.54) is 12.3 Å². The maximum absolute atomic E-state index is 13.4. The van der Waals surface area contributed by atoms with Crippen molar-refractivity contribution >= 4 is 5.91 Å². The standard InChI is InChI=1S/C18H14F3N5O/c1-10-2-3-11(12(8-10)18(19,20)21)16-22-5-4-13(24-16)14-9-15-17(27)23-6-7-26(15)25-14/h2-5,8-9H,6-7H2,1H3,(H,23,27). The Morgan fingerprint density at radius 3 is 2.70 bits per heavy atom. The van der Waals surface area contributed by atoms with Gasteiger partial charge in [-0.1, -0.05) is 17.7 Å². The number of nitrogens with one attached hydrogen (secondary N) is 1. The van der Waals surface area contributed by atoms with Crippen LogP contribution in [-0.2, 0) is 12.7 Å². The summed E-state index contributed by atoms with van der Waals surface area (Å²) in [5, 5.41) is 7.05. The van der Waals surface area contributed by atoms with Gasteiger partial charge >= 0.3 is 6.18 Å². The number of hydrogen-bond acceptors (Lipinski definition) is 4. The van der Waals surface area contributed by atoms with Gasteiger partial charge in [-0.2, -0.15) is 18.3 Å². The normalized spacial score (nSPS) is 14.0. The van der Waals surface area contributed by atoms with Crippen molar-refractivity contribution in [1.82, 2.24) is 25.1 Å². The molecule has 27 heavy (non-hydrogen) atoms. The first-order chi connectivity index (χ1) is 12.8. The Morgan fingerprint density at radius 2 is 1.96 bits per heavy atom. The molecule has 0 saturated carbocycles. The van der Waals surface area contributed by atoms with Crippen LogP contribution in [0.15, 0.2) is 36.5 Å². The van der Waals surface area contributed by atoms with Gasteiger partial charge < -0.3 is 5.32 Å². The summed E-state index contributed by atoms with van der Waals surface area (Å²) in [4.78, 5) is 20.2. The third-order valence-electron chi connectivity index (χ3n) is 4.26. The predicted molar refractivity (Wildman–Crippen MR) is 90.8 cm³/mol. The SMILES string of the molecule is Cc1ccc(-c2nccc(-c3cc4n(n3)CCNC4=O)n2)c(C(F)(F)F)c1. The fraction of sp³-hybridized carbons (Fsp3) is 0.222. The van der Waals surface area contributed by atoms with E-state index in [0.717, 1.165) is 6.07 Å². The molecule has 9 heteroatoms. The number of nitrogens with zero attached hydrogens (tertiary/aromatic N) is 4. The molecule has 2 aromatic heterocycles. The molecular formula is C18H14F3N5O. The fourth-order valence-corrected chi connectivity index (χ4v) is 2.98. The summed E-state index contributed by atoms with van der Waals surface area (Å²) in [6.45, 7) is 2.59. The van der Waals surface area contributed by atoms with Crippen LogP contribution in [0.3, 0.4) is 0 Å². The highest BCUT2D eigenvalue weighted by molar-refractivity contribution is 5.94. The topological polar surface area (TPSA) is 72.7 Å². The lowest BCUT2D eigenvalue weighted by Crippen LogP contribution is -2.35. The van der Waals surface area contributed by atoms with Crippen molar-refractivity contribution in [3.63, 3.8) is 0 Å². The zero-order chi connectivity index (χ0) is 19.2. The van der Waals surface area contributed by atoms with Gasteiger partial charge in [-0.25, -0.2) is 9.97 Å². The molecule has 0 saturated heterocycles. The van der Waals surface area contributed by atoms with E-state index in [1.54, 1.807) is 29.8 Å². The second-order valence-electron chi connectivity index (χ2n) is 6.21. The second-order valence-corrected chi connectivity index (χ2v) is 6.21. The fourth-order valence-electron chi connectivity index (χ4n) is 2.98. The number of aromatic nitrogens is 4. The summed E-state index contributed by atoms with van der Waals surface area (Å²) in [6.07, 6.45) is -3.14. The number of carbonyl (C=O) groups excluding carboxylic acids is 1. The first-order valence-electron chi connectivity index (χ1n) is 8.20. The molecule has 0 fully saturated rings. The van der Waals surface area contributed by atoms with Crippen LogP contribution in [0.2, 0.25) is 0 Å². The number of carbonyl (C=O) groups is 1. The Hall–Kier alpha value is -3.23. The van der Waals surface area contributed by atoms with E-state index in [2.05, 4.69) is 20.4 Å². The van der Waals surface area contributed by atoms with Gasteiger partial charge in [0, 0.05) is 18.3 Å². The number of hydrogen-bond donors (Lipinski definition) is 1. The maximum Gasteiger partial charge on any atom is 0.417 e. The van der Waals surface area contributed by atoms with E-state index in [1.807, 2.05) is 0 Å². The van der Waals surface area contributed by atoms with Crippen molar-refractivity contribution in [3.05, 3.63) is 53.3 Å². The molecule has 0 spiro atoms. The number of rotatable bonds is 2. The molecule has 1 amide bonds. The number of halogens is 3. The minimum Gasteiger partial charge on any atom is -0.349 e. The molecule has 4 rings (SSSR count). The quantitative estimate of drug-likeness (QED) is 0.749. The Balaban J connectivity index is 1.80. The monoisotopic (exact) mass is 373 g/mol. The van der Waals surface area contributed by atoms with E-state index in [-0.39, 0.29) is 17.3 Å². The minimum atomic E-state index is -4.52. The number of alkyl halides is 3. The molecule has 6 nitrogen and oxygen atoms in total. The zero-order valence-electron chi connectivity index (χ0n) is 14.2. The van der Waals surface area contributed by atoms with Crippen LogP contribution in [0.25, 0.3) is 22.8 Å². The van der Waals surface area contributed by atoms with E-state index in [4.69, 9.17) is 0 Å². The second kappa shape index (κ2) is 6.19. The van der Waals surface area contributed by atoms with Crippen molar-refractivity contribution in [1.29, 1.82) is 0 Å². The van der Waals surface area contributed by atoms with Crippen LogP contribution in [-0.4, -0.2) is 32.2 Å². The average molecular weight is 373 g/mol. The van der Waals surface area contributed by atoms with Crippen molar-refractivity contribution in [2.75, 3.05) is 6.54 Å². The zero-order valence-corrected chi connectivity index (χ0v) is 14.2. The molecular weight excluding hydrogens is 359 g/mol. The van der Waals surface area contributed by atoms with Gasteiger partial charge in [-0.3, -0.25) is 9.48 Å². The van der Waals surface area contributed by atoms with Gasteiger partial charge in [-0.15, -0.1) is 0 Å². The smallest absolute Gasteiger partial charge is 0.349 e. The highest BCUT2D eigenvalue weighted by Gasteiger charge is 2.34. The maximum atomic E-state index is 13.4. The average Bonchev–Trinajstić information content (AvgIpc) is 3.07. The summed E-state index contributed by atoms with van der Waals surface area (Å²) in [7, 11) is 0. The molecule has 0 bridgehead atoms. The number of benzene rings is 1. The van der Waals surface area contributed by atoms with Crippen LogP contribution in [0.5, 0.6) is 0 Å². The first-order valence-corrected chi connectivity index (χ1v) is 8.20. The molecule has 1 aliphatic rings. The Bertz CT molecular complexity index is 1040. The molecule has 3 heterocycles. The van der Waals surface area contributed by atoms with Gasteiger partial charge in [-0.05, 0) is 25.1 Å². The van der Waals surface area contributed by atoms with Gasteiger partial charge in [0.05, 0.1) is 17.8 Å². The number of aryl methyl sites for hydroxylation is 1. The molecule has 0 radical (unpaired) electrons. The van der Waals surface area contributed by atoms with E-state index < -0.39 is 11.7 Å². The summed E-state index contributed by atoms with van der Waals surface area (Å²) in [5.41, 5.74) is 0.757. The summed E-state index contributed by atoms with van der Waals surface area (Å²) in [5.74, 6) is -0.289. The van der Waals surface area contributed by atoms with Crippen molar-refractivity contribution in [3.8, 4) is 22.8 Å². The summed E-state index contributed by atoms with van der Waals surface area (Å²) < 4.78 is 41.8. The highest BCUT2D eigenvalue weighted by Crippen LogP contribution is 2.36. The van der Waals surface area contributed by atoms with Crippen LogP contribution < -0.4 is 5.32 Å². The van der Waals surface area contributed by atoms with E-state index in [0.29, 0.717) is 35.7 Å². The molecule has 3 aromatic rings. The van der Waals surface area contributed by atoms with E-state index >= 15 is 0 Å². The predicted octanol–water partition coefficient (Wildman–Crippen LogP) is 3.08. The lowest BCUT2D eigenvalue weighted by Gasteiger charge is -2.13. The van der Waals surface area contributed by atoms with Crippen LogP contribution in [0.1, 0.15) is 21.6 Å².